The third kappa shape index (κ3) is 4.23. The fraction of sp³-hybridized carbons (Fsp3) is 0.273. The van der Waals surface area contributed by atoms with Crippen molar-refractivity contribution in [3.63, 3.8) is 0 Å². The Hall–Kier alpha value is -2.31. The summed E-state index contributed by atoms with van der Waals surface area (Å²) in [6.45, 7) is 2.18. The topological polar surface area (TPSA) is 38.8 Å². The lowest BCUT2D eigenvalue weighted by molar-refractivity contribution is -0.113. The Morgan fingerprint density at radius 1 is 1.11 bits per heavy atom. The Morgan fingerprint density at radius 3 is 2.50 bits per heavy atom. The van der Waals surface area contributed by atoms with Gasteiger partial charge in [-0.3, -0.25) is 9.69 Å². The number of methoxy groups -OCH3 is 2. The largest absolute Gasteiger partial charge is 0.493 e. The molecule has 2 aromatic carbocycles. The van der Waals surface area contributed by atoms with Gasteiger partial charge in [-0.15, -0.1) is 0 Å². The maximum absolute atomic E-state index is 13.0. The molecule has 0 saturated carbocycles. The lowest BCUT2D eigenvalue weighted by Crippen LogP contribution is -2.27. The summed E-state index contributed by atoms with van der Waals surface area (Å²) < 4.78 is 11.3. The minimum absolute atomic E-state index is 0.124. The van der Waals surface area contributed by atoms with Gasteiger partial charge < -0.3 is 9.47 Å². The van der Waals surface area contributed by atoms with Crippen molar-refractivity contribution < 1.29 is 14.3 Å². The van der Waals surface area contributed by atoms with Crippen molar-refractivity contribution in [3.05, 3.63) is 58.5 Å². The first-order valence-electron chi connectivity index (χ1n) is 9.17. The number of unbranched alkanes of at least 4 members (excludes halogenated alkanes) is 1. The van der Waals surface area contributed by atoms with Crippen molar-refractivity contribution in [1.82, 2.24) is 0 Å². The van der Waals surface area contributed by atoms with Crippen LogP contribution in [0.4, 0.5) is 5.69 Å². The van der Waals surface area contributed by atoms with Gasteiger partial charge in [0.25, 0.3) is 5.91 Å². The second-order valence-corrected chi connectivity index (χ2v) is 8.05. The number of carbonyl (C=O) groups excluding carboxylic acids is 1. The molecule has 1 saturated heterocycles. The number of amides is 1. The number of rotatable bonds is 7. The predicted molar refractivity (Wildman–Crippen MR) is 120 cm³/mol. The Kier molecular flexibility index (Phi) is 6.75. The van der Waals surface area contributed by atoms with Gasteiger partial charge in [0.15, 0.2) is 15.8 Å². The van der Waals surface area contributed by atoms with E-state index in [0.29, 0.717) is 20.7 Å². The van der Waals surface area contributed by atoms with E-state index < -0.39 is 0 Å². The van der Waals surface area contributed by atoms with Crippen LogP contribution < -0.4 is 14.4 Å². The smallest absolute Gasteiger partial charge is 0.270 e. The number of para-hydroxylation sites is 1. The highest BCUT2D eigenvalue weighted by molar-refractivity contribution is 8.27. The summed E-state index contributed by atoms with van der Waals surface area (Å²) in [5, 5.41) is 0. The van der Waals surface area contributed by atoms with Gasteiger partial charge in [-0.05, 0) is 42.7 Å². The molecule has 1 amide bonds. The minimum Gasteiger partial charge on any atom is -0.493 e. The van der Waals surface area contributed by atoms with E-state index in [1.807, 2.05) is 30.3 Å². The van der Waals surface area contributed by atoms with Crippen molar-refractivity contribution in [2.24, 2.45) is 0 Å². The number of thioether (sulfide) groups is 1. The van der Waals surface area contributed by atoms with Gasteiger partial charge >= 0.3 is 0 Å². The average molecular weight is 414 g/mol. The van der Waals surface area contributed by atoms with Crippen LogP contribution in [0.25, 0.3) is 6.08 Å². The van der Waals surface area contributed by atoms with Crippen LogP contribution >= 0.6 is 24.0 Å². The third-order valence-corrected chi connectivity index (χ3v) is 5.83. The number of ether oxygens (including phenoxy) is 2. The van der Waals surface area contributed by atoms with Gasteiger partial charge in [0.2, 0.25) is 0 Å². The molecular formula is C22H23NO3S2. The summed E-state index contributed by atoms with van der Waals surface area (Å²) in [5.41, 5.74) is 2.84. The number of hydrogen-bond donors (Lipinski definition) is 0. The minimum atomic E-state index is -0.124. The molecule has 0 unspecified atom stereocenters. The van der Waals surface area contributed by atoms with Crippen LogP contribution in [0.1, 0.15) is 30.9 Å². The van der Waals surface area contributed by atoms with Crippen LogP contribution in [0, 0.1) is 0 Å². The Bertz CT molecular complexity index is 906. The summed E-state index contributed by atoms with van der Waals surface area (Å²) in [6, 6.07) is 13.6. The number of benzene rings is 2. The van der Waals surface area contributed by atoms with E-state index in [4.69, 9.17) is 21.7 Å². The molecule has 0 radical (unpaired) electrons. The lowest BCUT2D eigenvalue weighted by Gasteiger charge is -2.15. The Balaban J connectivity index is 1.87. The second-order valence-electron chi connectivity index (χ2n) is 6.37. The SMILES string of the molecule is CCCCc1ccc(N2C(=O)/C(=C/c3cccc(OC)c3OC)SC2=S)cc1. The van der Waals surface area contributed by atoms with E-state index in [2.05, 4.69) is 19.1 Å². The van der Waals surface area contributed by atoms with Gasteiger partial charge in [0.1, 0.15) is 0 Å². The monoisotopic (exact) mass is 413 g/mol. The molecule has 4 nitrogen and oxygen atoms in total. The maximum Gasteiger partial charge on any atom is 0.270 e. The van der Waals surface area contributed by atoms with Crippen LogP contribution in [-0.4, -0.2) is 24.4 Å². The van der Waals surface area contributed by atoms with Gasteiger partial charge in [-0.25, -0.2) is 0 Å². The third-order valence-electron chi connectivity index (χ3n) is 4.53. The van der Waals surface area contributed by atoms with Gasteiger partial charge in [-0.2, -0.15) is 0 Å². The van der Waals surface area contributed by atoms with E-state index in [9.17, 15) is 4.79 Å². The van der Waals surface area contributed by atoms with E-state index >= 15 is 0 Å². The van der Waals surface area contributed by atoms with Crippen molar-refractivity contribution >= 4 is 46.0 Å². The number of hydrogen-bond acceptors (Lipinski definition) is 5. The molecule has 1 aliphatic heterocycles. The lowest BCUT2D eigenvalue weighted by atomic mass is 10.1. The van der Waals surface area contributed by atoms with Gasteiger partial charge in [0, 0.05) is 5.56 Å². The Labute approximate surface area is 175 Å². The zero-order valence-electron chi connectivity index (χ0n) is 16.2. The first-order chi connectivity index (χ1) is 13.6. The maximum atomic E-state index is 13.0. The molecule has 0 atom stereocenters. The highest BCUT2D eigenvalue weighted by Crippen LogP contribution is 2.39. The van der Waals surface area contributed by atoms with E-state index in [0.717, 1.165) is 30.5 Å². The van der Waals surface area contributed by atoms with Gasteiger partial charge in [-0.1, -0.05) is 61.6 Å². The van der Waals surface area contributed by atoms with E-state index in [1.165, 1.54) is 17.3 Å². The molecular weight excluding hydrogens is 390 g/mol. The summed E-state index contributed by atoms with van der Waals surface area (Å²) in [4.78, 5) is 15.2. The number of aryl methyl sites for hydroxylation is 1. The van der Waals surface area contributed by atoms with Crippen LogP contribution in [0.3, 0.4) is 0 Å². The van der Waals surface area contributed by atoms with Crippen molar-refractivity contribution in [2.75, 3.05) is 19.1 Å². The molecule has 1 heterocycles. The molecule has 3 rings (SSSR count). The quantitative estimate of drug-likeness (QED) is 0.446. The number of carbonyl (C=O) groups is 1. The normalized spacial score (nSPS) is 15.4. The predicted octanol–water partition coefficient (Wildman–Crippen LogP) is 5.45. The highest BCUT2D eigenvalue weighted by Gasteiger charge is 2.33. The number of thiocarbonyl (C=S) groups is 1. The molecule has 1 aliphatic rings. The zero-order chi connectivity index (χ0) is 20.1. The Morgan fingerprint density at radius 2 is 1.86 bits per heavy atom. The molecule has 146 valence electrons. The number of anilines is 1. The summed E-state index contributed by atoms with van der Waals surface area (Å²) >= 11 is 6.77. The van der Waals surface area contributed by atoms with Crippen molar-refractivity contribution in [2.45, 2.75) is 26.2 Å². The fourth-order valence-electron chi connectivity index (χ4n) is 3.05. The van der Waals surface area contributed by atoms with Crippen LogP contribution in [0.15, 0.2) is 47.4 Å². The molecule has 0 bridgehead atoms. The van der Waals surface area contributed by atoms with Crippen LogP contribution in [0.2, 0.25) is 0 Å². The molecule has 28 heavy (non-hydrogen) atoms. The summed E-state index contributed by atoms with van der Waals surface area (Å²) in [6.07, 6.45) is 5.17. The molecule has 0 spiro atoms. The summed E-state index contributed by atoms with van der Waals surface area (Å²) in [5.74, 6) is 1.09. The average Bonchev–Trinajstić information content (AvgIpc) is 2.99. The van der Waals surface area contributed by atoms with Crippen LogP contribution in [-0.2, 0) is 11.2 Å². The van der Waals surface area contributed by atoms with E-state index in [1.54, 1.807) is 25.2 Å². The molecule has 6 heteroatoms. The first kappa shape index (κ1) is 20.4. The zero-order valence-corrected chi connectivity index (χ0v) is 17.9. The fourth-order valence-corrected chi connectivity index (χ4v) is 4.34. The summed E-state index contributed by atoms with van der Waals surface area (Å²) in [7, 11) is 3.17. The second kappa shape index (κ2) is 9.26. The molecule has 0 aromatic heterocycles. The van der Waals surface area contributed by atoms with Gasteiger partial charge in [0.05, 0.1) is 24.8 Å². The number of nitrogens with zero attached hydrogens (tertiary/aromatic N) is 1. The first-order valence-corrected chi connectivity index (χ1v) is 10.4. The molecule has 0 N–H and O–H groups in total. The molecule has 1 fully saturated rings. The highest BCUT2D eigenvalue weighted by atomic mass is 32.2. The van der Waals surface area contributed by atoms with Crippen molar-refractivity contribution in [1.29, 1.82) is 0 Å². The molecule has 2 aromatic rings. The van der Waals surface area contributed by atoms with E-state index in [-0.39, 0.29) is 5.91 Å². The molecule has 0 aliphatic carbocycles. The standard InChI is InChI=1S/C22H23NO3S2/c1-4-5-7-15-10-12-17(13-11-15)23-21(24)19(28-22(23)27)14-16-8-6-9-18(25-2)20(16)26-3/h6,8-14H,4-5,7H2,1-3H3/b19-14-. The van der Waals surface area contributed by atoms with Crippen molar-refractivity contribution in [3.8, 4) is 11.5 Å². The van der Waals surface area contributed by atoms with Crippen LogP contribution in [0.5, 0.6) is 11.5 Å².